The third kappa shape index (κ3) is 5.38. The van der Waals surface area contributed by atoms with Crippen LogP contribution in [-0.2, 0) is 16.2 Å². The molecule has 0 aliphatic rings. The molecule has 0 radical (unpaired) electrons. The molecule has 0 atom stereocenters. The van der Waals surface area contributed by atoms with Gasteiger partial charge in [0, 0.05) is 10.2 Å². The Bertz CT molecular complexity index is 1000. The van der Waals surface area contributed by atoms with Gasteiger partial charge in [-0.3, -0.25) is 4.72 Å². The Morgan fingerprint density at radius 3 is 1.77 bits per heavy atom. The molecule has 3 nitrogen and oxygen atoms in total. The van der Waals surface area contributed by atoms with Gasteiger partial charge in [0.15, 0.2) is 0 Å². The summed E-state index contributed by atoms with van der Waals surface area (Å²) in [6, 6.07) is 7.07. The van der Waals surface area contributed by atoms with Crippen LogP contribution in [0.3, 0.4) is 0 Å². The first-order valence-corrected chi connectivity index (χ1v) is 12.0. The summed E-state index contributed by atoms with van der Waals surface area (Å²) >= 11 is 2.88. The molecular formula is C22H27BrF3NO2S. The maximum absolute atomic E-state index is 13.4. The topological polar surface area (TPSA) is 46.2 Å². The highest BCUT2D eigenvalue weighted by molar-refractivity contribution is 9.10. The smallest absolute Gasteiger partial charge is 0.280 e. The van der Waals surface area contributed by atoms with E-state index in [-0.39, 0.29) is 32.8 Å². The molecule has 0 bridgehead atoms. The van der Waals surface area contributed by atoms with Crippen LogP contribution in [0.15, 0.2) is 39.7 Å². The van der Waals surface area contributed by atoms with E-state index in [0.29, 0.717) is 11.1 Å². The van der Waals surface area contributed by atoms with Crippen LogP contribution in [0, 0.1) is 0 Å². The van der Waals surface area contributed by atoms with Gasteiger partial charge in [-0.2, -0.15) is 13.2 Å². The summed E-state index contributed by atoms with van der Waals surface area (Å²) < 4.78 is 68.7. The molecule has 0 amide bonds. The van der Waals surface area contributed by atoms with Crippen molar-refractivity contribution >= 4 is 31.6 Å². The lowest BCUT2D eigenvalue weighted by atomic mass is 9.89. The molecule has 166 valence electrons. The maximum atomic E-state index is 13.4. The summed E-state index contributed by atoms with van der Waals surface area (Å²) in [5.74, 6) is 0.0531. The van der Waals surface area contributed by atoms with Crippen LogP contribution in [0.2, 0.25) is 0 Å². The minimum absolute atomic E-state index is 0.0802. The second kappa shape index (κ2) is 8.91. The second-order valence-electron chi connectivity index (χ2n) is 8.29. The fourth-order valence-corrected chi connectivity index (χ4v) is 5.43. The fraction of sp³-hybridized carbons (Fsp3) is 0.455. The third-order valence-electron chi connectivity index (χ3n) is 4.87. The Morgan fingerprint density at radius 1 is 0.867 bits per heavy atom. The first-order valence-electron chi connectivity index (χ1n) is 9.72. The van der Waals surface area contributed by atoms with Gasteiger partial charge < -0.3 is 0 Å². The van der Waals surface area contributed by atoms with Crippen molar-refractivity contribution in [1.29, 1.82) is 0 Å². The highest BCUT2D eigenvalue weighted by atomic mass is 79.9. The first kappa shape index (κ1) is 24.7. The highest BCUT2D eigenvalue weighted by Gasteiger charge is 2.34. The predicted octanol–water partition coefficient (Wildman–Crippen LogP) is 7.64. The molecule has 2 aromatic rings. The van der Waals surface area contributed by atoms with E-state index in [1.165, 1.54) is 12.1 Å². The van der Waals surface area contributed by atoms with Gasteiger partial charge in [0.2, 0.25) is 0 Å². The van der Waals surface area contributed by atoms with Crippen LogP contribution in [-0.4, -0.2) is 8.42 Å². The zero-order chi connectivity index (χ0) is 23.0. The molecule has 0 aliphatic carbocycles. The summed E-state index contributed by atoms with van der Waals surface area (Å²) in [5.41, 5.74) is 1.27. The average molecular weight is 506 g/mol. The zero-order valence-corrected chi connectivity index (χ0v) is 20.3. The number of sulfonamides is 1. The summed E-state index contributed by atoms with van der Waals surface area (Å²) in [5, 5.41) is 0. The zero-order valence-electron chi connectivity index (χ0n) is 17.9. The maximum Gasteiger partial charge on any atom is 0.417 e. The van der Waals surface area contributed by atoms with Crippen molar-refractivity contribution in [1.82, 2.24) is 0 Å². The molecule has 0 spiro atoms. The van der Waals surface area contributed by atoms with Crippen LogP contribution in [0.5, 0.6) is 0 Å². The lowest BCUT2D eigenvalue weighted by Gasteiger charge is -2.23. The molecule has 0 heterocycles. The summed E-state index contributed by atoms with van der Waals surface area (Å²) in [7, 11) is -4.11. The van der Waals surface area contributed by atoms with Gasteiger partial charge in [0.05, 0.1) is 10.5 Å². The molecule has 2 rings (SSSR count). The summed E-state index contributed by atoms with van der Waals surface area (Å²) in [6.45, 7) is 11.7. The SMILES string of the molecule is CC(C)c1cc(C(C)C)c(S(=O)(=O)Nc2ccc(Br)c(C(F)(F)F)c2)c(C(C)C)c1. The number of halogens is 4. The number of benzene rings is 2. The van der Waals surface area contributed by atoms with Gasteiger partial charge in [-0.1, -0.05) is 69.6 Å². The van der Waals surface area contributed by atoms with E-state index in [4.69, 9.17) is 0 Å². The van der Waals surface area contributed by atoms with Gasteiger partial charge >= 0.3 is 6.18 Å². The van der Waals surface area contributed by atoms with Gasteiger partial charge in [0.1, 0.15) is 0 Å². The number of nitrogens with one attached hydrogen (secondary N) is 1. The molecular weight excluding hydrogens is 479 g/mol. The third-order valence-corrected chi connectivity index (χ3v) is 7.08. The molecule has 0 aromatic heterocycles. The van der Waals surface area contributed by atoms with Crippen LogP contribution >= 0.6 is 15.9 Å². The molecule has 8 heteroatoms. The molecule has 0 unspecified atom stereocenters. The predicted molar refractivity (Wildman–Crippen MR) is 119 cm³/mol. The van der Waals surface area contributed by atoms with Crippen molar-refractivity contribution in [3.05, 3.63) is 57.1 Å². The lowest BCUT2D eigenvalue weighted by molar-refractivity contribution is -0.138. The molecule has 0 fully saturated rings. The standard InChI is InChI=1S/C22H27BrF3NO2S/c1-12(2)15-9-17(13(3)4)21(18(10-15)14(5)6)30(28,29)27-16-7-8-20(23)19(11-16)22(24,25)26/h7-14,27H,1-6H3. The number of hydrogen-bond acceptors (Lipinski definition) is 2. The van der Waals surface area contributed by atoms with Crippen molar-refractivity contribution in [2.24, 2.45) is 0 Å². The quantitative estimate of drug-likeness (QED) is 0.438. The molecule has 1 N–H and O–H groups in total. The van der Waals surface area contributed by atoms with Gasteiger partial charge in [-0.25, -0.2) is 8.42 Å². The highest BCUT2D eigenvalue weighted by Crippen LogP contribution is 2.39. The molecule has 0 saturated heterocycles. The van der Waals surface area contributed by atoms with Crippen molar-refractivity contribution in [2.75, 3.05) is 4.72 Å². The monoisotopic (exact) mass is 505 g/mol. The van der Waals surface area contributed by atoms with Crippen molar-refractivity contribution in [3.63, 3.8) is 0 Å². The van der Waals surface area contributed by atoms with Gasteiger partial charge in [0.25, 0.3) is 10.0 Å². The van der Waals surface area contributed by atoms with E-state index >= 15 is 0 Å². The van der Waals surface area contributed by atoms with E-state index in [2.05, 4.69) is 20.7 Å². The van der Waals surface area contributed by atoms with E-state index in [0.717, 1.165) is 11.6 Å². The van der Waals surface area contributed by atoms with E-state index in [9.17, 15) is 21.6 Å². The van der Waals surface area contributed by atoms with Crippen LogP contribution < -0.4 is 4.72 Å². The minimum atomic E-state index is -4.61. The Hall–Kier alpha value is -1.54. The Balaban J connectivity index is 2.68. The summed E-state index contributed by atoms with van der Waals surface area (Å²) in [6.07, 6.45) is -4.61. The number of rotatable bonds is 6. The van der Waals surface area contributed by atoms with E-state index in [1.807, 2.05) is 53.7 Å². The van der Waals surface area contributed by atoms with Gasteiger partial charge in [-0.05, 0) is 52.6 Å². The summed E-state index contributed by atoms with van der Waals surface area (Å²) in [4.78, 5) is 0.147. The number of anilines is 1. The number of alkyl halides is 3. The Morgan fingerprint density at radius 2 is 1.37 bits per heavy atom. The lowest BCUT2D eigenvalue weighted by Crippen LogP contribution is -2.19. The van der Waals surface area contributed by atoms with E-state index < -0.39 is 21.8 Å². The minimum Gasteiger partial charge on any atom is -0.280 e. The Kier molecular flexibility index (Phi) is 7.34. The van der Waals surface area contributed by atoms with Crippen LogP contribution in [0.4, 0.5) is 18.9 Å². The fourth-order valence-electron chi connectivity index (χ4n) is 3.21. The molecule has 0 saturated carbocycles. The molecule has 30 heavy (non-hydrogen) atoms. The number of hydrogen-bond donors (Lipinski definition) is 1. The largest absolute Gasteiger partial charge is 0.417 e. The first-order chi connectivity index (χ1) is 13.6. The van der Waals surface area contributed by atoms with Crippen LogP contribution in [0.25, 0.3) is 0 Å². The molecule has 2 aromatic carbocycles. The Labute approximate surface area is 185 Å². The van der Waals surface area contributed by atoms with Gasteiger partial charge in [-0.15, -0.1) is 0 Å². The molecule has 0 aliphatic heterocycles. The second-order valence-corrected chi connectivity index (χ2v) is 10.8. The van der Waals surface area contributed by atoms with E-state index in [1.54, 1.807) is 0 Å². The van der Waals surface area contributed by atoms with Crippen molar-refractivity contribution < 1.29 is 21.6 Å². The van der Waals surface area contributed by atoms with Crippen molar-refractivity contribution in [3.8, 4) is 0 Å². The van der Waals surface area contributed by atoms with Crippen molar-refractivity contribution in [2.45, 2.75) is 70.4 Å². The van der Waals surface area contributed by atoms with Crippen LogP contribution in [0.1, 0.15) is 81.5 Å². The average Bonchev–Trinajstić information content (AvgIpc) is 2.60. The normalized spacial score (nSPS) is 12.8.